The molecule has 4 rings (SSSR count). The number of aryl methyl sites for hydroxylation is 1. The Labute approximate surface area is 191 Å². The lowest BCUT2D eigenvalue weighted by atomic mass is 10.2. The Morgan fingerprint density at radius 2 is 1.52 bits per heavy atom. The summed E-state index contributed by atoms with van der Waals surface area (Å²) >= 11 is 0. The standard InChI is InChI=1S/C24H20N4O4S/c1-17-15-23(26-16-25-17)28-33(30,31)22-13-9-19(10-14-22)27-24(29)18-7-11-21(12-8-18)32-20-5-3-2-4-6-20/h2-16H,1H3,(H,27,29)(H,25,26,28). The van der Waals surface area contributed by atoms with Crippen molar-refractivity contribution in [3.05, 3.63) is 103 Å². The van der Waals surface area contributed by atoms with Gasteiger partial charge in [-0.15, -0.1) is 0 Å². The SMILES string of the molecule is Cc1cc(NS(=O)(=O)c2ccc(NC(=O)c3ccc(Oc4ccccc4)cc3)cc2)ncn1. The number of hydrogen-bond acceptors (Lipinski definition) is 6. The number of sulfonamides is 1. The molecule has 33 heavy (non-hydrogen) atoms. The fourth-order valence-corrected chi connectivity index (χ4v) is 3.93. The van der Waals surface area contributed by atoms with Gasteiger partial charge in [0, 0.05) is 23.0 Å². The van der Waals surface area contributed by atoms with Crippen LogP contribution < -0.4 is 14.8 Å². The average Bonchev–Trinajstić information content (AvgIpc) is 2.80. The highest BCUT2D eigenvalue weighted by Gasteiger charge is 2.15. The normalized spacial score (nSPS) is 10.9. The fourth-order valence-electron chi connectivity index (χ4n) is 2.93. The zero-order chi connectivity index (χ0) is 23.3. The van der Waals surface area contributed by atoms with E-state index in [-0.39, 0.29) is 16.6 Å². The quantitative estimate of drug-likeness (QED) is 0.416. The smallest absolute Gasteiger partial charge is 0.263 e. The van der Waals surface area contributed by atoms with Gasteiger partial charge in [0.1, 0.15) is 23.6 Å². The van der Waals surface area contributed by atoms with Gasteiger partial charge in [0.05, 0.1) is 4.90 Å². The molecule has 1 aromatic heterocycles. The van der Waals surface area contributed by atoms with E-state index in [0.29, 0.717) is 28.4 Å². The Hall–Kier alpha value is -4.24. The molecule has 0 bridgehead atoms. The van der Waals surface area contributed by atoms with Crippen molar-refractivity contribution in [2.24, 2.45) is 0 Å². The lowest BCUT2D eigenvalue weighted by Gasteiger charge is -2.10. The van der Waals surface area contributed by atoms with Gasteiger partial charge < -0.3 is 10.1 Å². The third-order valence-corrected chi connectivity index (χ3v) is 5.93. The number of aromatic nitrogens is 2. The minimum Gasteiger partial charge on any atom is -0.457 e. The maximum Gasteiger partial charge on any atom is 0.263 e. The van der Waals surface area contributed by atoms with Crippen LogP contribution in [0.2, 0.25) is 0 Å². The number of carbonyl (C=O) groups excluding carboxylic acids is 1. The predicted molar refractivity (Wildman–Crippen MR) is 125 cm³/mol. The first-order valence-corrected chi connectivity index (χ1v) is 11.4. The van der Waals surface area contributed by atoms with Crippen LogP contribution in [0.3, 0.4) is 0 Å². The molecule has 4 aromatic rings. The van der Waals surface area contributed by atoms with E-state index in [1.165, 1.54) is 36.7 Å². The number of benzene rings is 3. The zero-order valence-electron chi connectivity index (χ0n) is 17.6. The van der Waals surface area contributed by atoms with Crippen LogP contribution in [0, 0.1) is 6.92 Å². The highest BCUT2D eigenvalue weighted by atomic mass is 32.2. The number of para-hydroxylation sites is 1. The summed E-state index contributed by atoms with van der Waals surface area (Å²) in [7, 11) is -3.83. The highest BCUT2D eigenvalue weighted by Crippen LogP contribution is 2.22. The van der Waals surface area contributed by atoms with Crippen LogP contribution in [0.5, 0.6) is 11.5 Å². The third-order valence-electron chi connectivity index (χ3n) is 4.56. The molecular formula is C24H20N4O4S. The van der Waals surface area contributed by atoms with Gasteiger partial charge in [-0.3, -0.25) is 9.52 Å². The van der Waals surface area contributed by atoms with Crippen LogP contribution in [0.15, 0.2) is 96.2 Å². The van der Waals surface area contributed by atoms with Crippen molar-refractivity contribution in [3.63, 3.8) is 0 Å². The third kappa shape index (κ3) is 5.72. The fraction of sp³-hybridized carbons (Fsp3) is 0.0417. The van der Waals surface area contributed by atoms with Crippen LogP contribution in [-0.2, 0) is 10.0 Å². The molecule has 0 radical (unpaired) electrons. The summed E-state index contributed by atoms with van der Waals surface area (Å²) in [5.41, 5.74) is 1.54. The van der Waals surface area contributed by atoms with E-state index in [2.05, 4.69) is 20.0 Å². The highest BCUT2D eigenvalue weighted by molar-refractivity contribution is 7.92. The number of rotatable bonds is 7. The van der Waals surface area contributed by atoms with E-state index < -0.39 is 10.0 Å². The molecule has 1 amide bonds. The summed E-state index contributed by atoms with van der Waals surface area (Å²) in [6, 6.07) is 23.4. The molecule has 0 saturated carbocycles. The van der Waals surface area contributed by atoms with Crippen molar-refractivity contribution in [2.45, 2.75) is 11.8 Å². The molecule has 1 heterocycles. The lowest BCUT2D eigenvalue weighted by Crippen LogP contribution is -2.15. The summed E-state index contributed by atoms with van der Waals surface area (Å²) < 4.78 is 33.2. The Bertz CT molecular complexity index is 1360. The van der Waals surface area contributed by atoms with Crippen molar-refractivity contribution >= 4 is 27.4 Å². The van der Waals surface area contributed by atoms with E-state index in [0.717, 1.165) is 0 Å². The average molecular weight is 461 g/mol. The summed E-state index contributed by atoms with van der Waals surface area (Å²) in [5.74, 6) is 1.17. The van der Waals surface area contributed by atoms with Crippen molar-refractivity contribution < 1.29 is 17.9 Å². The molecule has 0 aliphatic rings. The van der Waals surface area contributed by atoms with E-state index in [1.807, 2.05) is 30.3 Å². The minimum absolute atomic E-state index is 0.0409. The van der Waals surface area contributed by atoms with Crippen LogP contribution in [-0.4, -0.2) is 24.3 Å². The molecule has 0 aliphatic carbocycles. The summed E-state index contributed by atoms with van der Waals surface area (Å²) in [4.78, 5) is 20.4. The molecule has 0 aliphatic heterocycles. The van der Waals surface area contributed by atoms with E-state index in [4.69, 9.17) is 4.74 Å². The molecule has 9 heteroatoms. The van der Waals surface area contributed by atoms with Gasteiger partial charge in [-0.1, -0.05) is 18.2 Å². The van der Waals surface area contributed by atoms with E-state index in [1.54, 1.807) is 31.2 Å². The van der Waals surface area contributed by atoms with Crippen molar-refractivity contribution in [2.75, 3.05) is 10.0 Å². The first kappa shape index (κ1) is 22.0. The molecule has 0 unspecified atom stereocenters. The Morgan fingerprint density at radius 1 is 0.848 bits per heavy atom. The first-order valence-electron chi connectivity index (χ1n) is 9.95. The lowest BCUT2D eigenvalue weighted by molar-refractivity contribution is 0.102. The minimum atomic E-state index is -3.83. The molecule has 8 nitrogen and oxygen atoms in total. The molecule has 166 valence electrons. The van der Waals surface area contributed by atoms with Gasteiger partial charge in [0.15, 0.2) is 0 Å². The summed E-state index contributed by atoms with van der Waals surface area (Å²) in [6.45, 7) is 1.74. The van der Waals surface area contributed by atoms with Gasteiger partial charge >= 0.3 is 0 Å². The molecule has 3 aromatic carbocycles. The van der Waals surface area contributed by atoms with Gasteiger partial charge in [-0.05, 0) is 67.6 Å². The van der Waals surface area contributed by atoms with Crippen molar-refractivity contribution in [1.82, 2.24) is 9.97 Å². The summed E-state index contributed by atoms with van der Waals surface area (Å²) in [5, 5.41) is 2.75. The largest absolute Gasteiger partial charge is 0.457 e. The second-order valence-electron chi connectivity index (χ2n) is 7.07. The summed E-state index contributed by atoms with van der Waals surface area (Å²) in [6.07, 6.45) is 1.28. The number of hydrogen-bond donors (Lipinski definition) is 2. The molecule has 2 N–H and O–H groups in total. The van der Waals surface area contributed by atoms with Crippen molar-refractivity contribution in [3.8, 4) is 11.5 Å². The molecular weight excluding hydrogens is 440 g/mol. The second kappa shape index (κ2) is 9.49. The topological polar surface area (TPSA) is 110 Å². The number of nitrogens with one attached hydrogen (secondary N) is 2. The predicted octanol–water partition coefficient (Wildman–Crippen LogP) is 4.63. The molecule has 0 saturated heterocycles. The maximum atomic E-state index is 12.6. The number of carbonyl (C=O) groups is 1. The number of nitrogens with zero attached hydrogens (tertiary/aromatic N) is 2. The van der Waals surface area contributed by atoms with Crippen LogP contribution in [0.1, 0.15) is 16.1 Å². The van der Waals surface area contributed by atoms with Gasteiger partial charge in [0.25, 0.3) is 15.9 Å². The van der Waals surface area contributed by atoms with Crippen molar-refractivity contribution in [1.29, 1.82) is 0 Å². The number of ether oxygens (including phenoxy) is 1. The molecule has 0 atom stereocenters. The van der Waals surface area contributed by atoms with Gasteiger partial charge in [-0.2, -0.15) is 0 Å². The molecule has 0 spiro atoms. The molecule has 0 fully saturated rings. The first-order chi connectivity index (χ1) is 15.9. The second-order valence-corrected chi connectivity index (χ2v) is 8.75. The van der Waals surface area contributed by atoms with Crippen LogP contribution in [0.4, 0.5) is 11.5 Å². The van der Waals surface area contributed by atoms with E-state index >= 15 is 0 Å². The van der Waals surface area contributed by atoms with Gasteiger partial charge in [-0.25, -0.2) is 18.4 Å². The zero-order valence-corrected chi connectivity index (χ0v) is 18.4. The Morgan fingerprint density at radius 3 is 2.18 bits per heavy atom. The Balaban J connectivity index is 1.39. The number of amides is 1. The van der Waals surface area contributed by atoms with Crippen LogP contribution in [0.25, 0.3) is 0 Å². The van der Waals surface area contributed by atoms with Gasteiger partial charge in [0.2, 0.25) is 0 Å². The van der Waals surface area contributed by atoms with E-state index in [9.17, 15) is 13.2 Å². The monoisotopic (exact) mass is 460 g/mol. The van der Waals surface area contributed by atoms with Crippen LogP contribution >= 0.6 is 0 Å². The Kier molecular flexibility index (Phi) is 6.32. The number of anilines is 2. The maximum absolute atomic E-state index is 12.6.